The van der Waals surface area contributed by atoms with Gasteiger partial charge in [-0.05, 0) is 12.1 Å². The Morgan fingerprint density at radius 1 is 1.43 bits per heavy atom. The van der Waals surface area contributed by atoms with E-state index in [4.69, 9.17) is 4.74 Å². The van der Waals surface area contributed by atoms with Crippen LogP contribution in [0.25, 0.3) is 5.65 Å². The van der Waals surface area contributed by atoms with E-state index in [1.54, 1.807) is 29.3 Å². The van der Waals surface area contributed by atoms with Gasteiger partial charge in [0.15, 0.2) is 5.65 Å². The molecule has 0 aliphatic carbocycles. The highest BCUT2D eigenvalue weighted by Gasteiger charge is 2.21. The van der Waals surface area contributed by atoms with Crippen LogP contribution in [0.4, 0.5) is 5.69 Å². The average molecular weight is 314 g/mol. The Kier molecular flexibility index (Phi) is 4.38. The number of morpholine rings is 1. The van der Waals surface area contributed by atoms with Crippen LogP contribution < -0.4 is 10.9 Å². The predicted octanol–water partition coefficient (Wildman–Crippen LogP) is 0.765. The van der Waals surface area contributed by atoms with Gasteiger partial charge in [-0.3, -0.25) is 14.0 Å². The summed E-state index contributed by atoms with van der Waals surface area (Å²) < 4.78 is 6.65. The Bertz CT molecular complexity index is 794. The minimum atomic E-state index is -0.242. The minimum Gasteiger partial charge on any atom is -0.378 e. The molecule has 120 valence electrons. The molecule has 0 radical (unpaired) electrons. The number of carbonyl (C=O) groups is 1. The van der Waals surface area contributed by atoms with E-state index >= 15 is 0 Å². The second kappa shape index (κ2) is 6.62. The summed E-state index contributed by atoms with van der Waals surface area (Å²) in [5.41, 5.74) is 0.909. The Hall–Kier alpha value is -2.67. The van der Waals surface area contributed by atoms with Gasteiger partial charge in [-0.25, -0.2) is 4.98 Å². The van der Waals surface area contributed by atoms with Gasteiger partial charge in [0.2, 0.25) is 0 Å². The number of nitrogens with one attached hydrogen (secondary N) is 1. The van der Waals surface area contributed by atoms with Crippen molar-refractivity contribution in [2.24, 2.45) is 0 Å². The molecule has 1 fully saturated rings. The number of nitrogens with zero attached hydrogens (tertiary/aromatic N) is 3. The normalized spacial score (nSPS) is 14.7. The molecule has 2 aromatic heterocycles. The number of carbonyl (C=O) groups excluding carboxylic acids is 1. The highest BCUT2D eigenvalue weighted by Crippen LogP contribution is 2.12. The molecule has 7 nitrogen and oxygen atoms in total. The fourth-order valence-corrected chi connectivity index (χ4v) is 2.51. The van der Waals surface area contributed by atoms with Crippen LogP contribution in [0.2, 0.25) is 0 Å². The first kappa shape index (κ1) is 15.2. The lowest BCUT2D eigenvalue weighted by Crippen LogP contribution is -2.41. The van der Waals surface area contributed by atoms with Crippen molar-refractivity contribution < 1.29 is 9.53 Å². The summed E-state index contributed by atoms with van der Waals surface area (Å²) in [6.07, 6.45) is 4.73. The number of fused-ring (bicyclic) bond motifs is 1. The molecule has 3 heterocycles. The topological polar surface area (TPSA) is 75.9 Å². The number of rotatable bonds is 4. The number of pyridine rings is 1. The smallest absolute Gasteiger partial charge is 0.281 e. The first-order chi connectivity index (χ1) is 11.2. The van der Waals surface area contributed by atoms with E-state index in [-0.39, 0.29) is 11.5 Å². The van der Waals surface area contributed by atoms with Gasteiger partial charge in [0.25, 0.3) is 11.5 Å². The zero-order valence-electron chi connectivity index (χ0n) is 12.7. The molecule has 0 unspecified atom stereocenters. The Morgan fingerprint density at radius 2 is 2.22 bits per heavy atom. The highest BCUT2D eigenvalue weighted by molar-refractivity contribution is 5.99. The summed E-state index contributed by atoms with van der Waals surface area (Å²) in [5, 5.41) is 2.94. The molecule has 0 saturated carbocycles. The van der Waals surface area contributed by atoms with E-state index in [2.05, 4.69) is 16.9 Å². The third kappa shape index (κ3) is 2.95. The van der Waals surface area contributed by atoms with Crippen molar-refractivity contribution in [1.82, 2.24) is 14.3 Å². The molecule has 0 spiro atoms. The van der Waals surface area contributed by atoms with Gasteiger partial charge in [-0.1, -0.05) is 6.08 Å². The van der Waals surface area contributed by atoms with E-state index in [0.717, 1.165) is 0 Å². The summed E-state index contributed by atoms with van der Waals surface area (Å²) >= 11 is 0. The fourth-order valence-electron chi connectivity index (χ4n) is 2.51. The maximum atomic E-state index is 12.7. The molecule has 23 heavy (non-hydrogen) atoms. The standard InChI is InChI=1S/C16H18N4O3/c1-2-5-17-13-11-18-14-12(4-3-6-20(14)16(13)22)15(21)19-7-9-23-10-8-19/h2-4,6,11,17H,1,5,7-10H2. The van der Waals surface area contributed by atoms with Gasteiger partial charge in [0, 0.05) is 25.8 Å². The fraction of sp³-hybridized carbons (Fsp3) is 0.312. The molecule has 1 aliphatic heterocycles. The zero-order chi connectivity index (χ0) is 16.2. The molecular formula is C16H18N4O3. The average Bonchev–Trinajstić information content (AvgIpc) is 2.61. The van der Waals surface area contributed by atoms with Gasteiger partial charge in [-0.15, -0.1) is 6.58 Å². The first-order valence-corrected chi connectivity index (χ1v) is 7.44. The molecule has 3 rings (SSSR count). The van der Waals surface area contributed by atoms with Gasteiger partial charge >= 0.3 is 0 Å². The minimum absolute atomic E-state index is 0.134. The van der Waals surface area contributed by atoms with Crippen LogP contribution in [-0.4, -0.2) is 53.0 Å². The molecule has 7 heteroatoms. The van der Waals surface area contributed by atoms with Crippen molar-refractivity contribution in [1.29, 1.82) is 0 Å². The lowest BCUT2D eigenvalue weighted by molar-refractivity contribution is 0.0303. The predicted molar refractivity (Wildman–Crippen MR) is 86.9 cm³/mol. The Balaban J connectivity index is 2.01. The van der Waals surface area contributed by atoms with Crippen LogP contribution in [0.1, 0.15) is 10.4 Å². The quantitative estimate of drug-likeness (QED) is 0.844. The summed E-state index contributed by atoms with van der Waals surface area (Å²) in [5.74, 6) is -0.134. The number of ether oxygens (including phenoxy) is 1. The van der Waals surface area contributed by atoms with E-state index in [0.29, 0.717) is 49.7 Å². The van der Waals surface area contributed by atoms with Crippen LogP contribution in [0.5, 0.6) is 0 Å². The maximum absolute atomic E-state index is 12.7. The van der Waals surface area contributed by atoms with Crippen molar-refractivity contribution in [3.63, 3.8) is 0 Å². The summed E-state index contributed by atoms with van der Waals surface area (Å²) in [6, 6.07) is 3.37. The van der Waals surface area contributed by atoms with Crippen molar-refractivity contribution in [2.75, 3.05) is 38.2 Å². The van der Waals surface area contributed by atoms with Gasteiger partial charge < -0.3 is 15.0 Å². The molecule has 0 bridgehead atoms. The largest absolute Gasteiger partial charge is 0.378 e. The summed E-state index contributed by atoms with van der Waals surface area (Å²) in [7, 11) is 0. The van der Waals surface area contributed by atoms with E-state index in [1.807, 2.05) is 0 Å². The Morgan fingerprint density at radius 3 is 2.96 bits per heavy atom. The molecular weight excluding hydrogens is 296 g/mol. The first-order valence-electron chi connectivity index (χ1n) is 7.44. The second-order valence-corrected chi connectivity index (χ2v) is 5.17. The SMILES string of the molecule is C=CCNc1cnc2c(C(=O)N3CCOCC3)cccn2c1=O. The summed E-state index contributed by atoms with van der Waals surface area (Å²) in [4.78, 5) is 31.2. The highest BCUT2D eigenvalue weighted by atomic mass is 16.5. The number of hydrogen-bond acceptors (Lipinski definition) is 5. The molecule has 2 aromatic rings. The second-order valence-electron chi connectivity index (χ2n) is 5.17. The van der Waals surface area contributed by atoms with Gasteiger partial charge in [0.1, 0.15) is 5.69 Å². The number of amides is 1. The molecule has 0 atom stereocenters. The third-order valence-corrected chi connectivity index (χ3v) is 3.70. The zero-order valence-corrected chi connectivity index (χ0v) is 12.7. The Labute approximate surface area is 133 Å². The third-order valence-electron chi connectivity index (χ3n) is 3.70. The lowest BCUT2D eigenvalue weighted by atomic mass is 10.2. The summed E-state index contributed by atoms with van der Waals surface area (Å²) in [6.45, 7) is 6.22. The van der Waals surface area contributed by atoms with Crippen LogP contribution in [0, 0.1) is 0 Å². The van der Waals surface area contributed by atoms with Gasteiger partial charge in [0.05, 0.1) is 25.0 Å². The van der Waals surface area contributed by atoms with Crippen molar-refractivity contribution in [3.05, 3.63) is 53.1 Å². The van der Waals surface area contributed by atoms with Crippen LogP contribution in [0.3, 0.4) is 0 Å². The molecule has 0 aromatic carbocycles. The molecule has 1 amide bonds. The van der Waals surface area contributed by atoms with Crippen LogP contribution in [0.15, 0.2) is 42.0 Å². The van der Waals surface area contributed by atoms with Gasteiger partial charge in [-0.2, -0.15) is 0 Å². The number of hydrogen-bond donors (Lipinski definition) is 1. The van der Waals surface area contributed by atoms with Crippen LogP contribution in [-0.2, 0) is 4.74 Å². The van der Waals surface area contributed by atoms with Crippen molar-refractivity contribution >= 4 is 17.2 Å². The van der Waals surface area contributed by atoms with E-state index < -0.39 is 0 Å². The van der Waals surface area contributed by atoms with E-state index in [9.17, 15) is 9.59 Å². The van der Waals surface area contributed by atoms with E-state index in [1.165, 1.54) is 10.6 Å². The van der Waals surface area contributed by atoms with Crippen molar-refractivity contribution in [2.45, 2.75) is 0 Å². The van der Waals surface area contributed by atoms with Crippen molar-refractivity contribution in [3.8, 4) is 0 Å². The maximum Gasteiger partial charge on any atom is 0.281 e. The molecule has 1 aliphatic rings. The molecule has 1 saturated heterocycles. The monoisotopic (exact) mass is 314 g/mol. The number of aromatic nitrogens is 2. The lowest BCUT2D eigenvalue weighted by Gasteiger charge is -2.27. The number of anilines is 1. The molecule has 1 N–H and O–H groups in total. The van der Waals surface area contributed by atoms with Crippen LogP contribution >= 0.6 is 0 Å².